The van der Waals surface area contributed by atoms with Crippen molar-refractivity contribution in [2.45, 2.75) is 56.8 Å². The zero-order valence-electron chi connectivity index (χ0n) is 16.0. The van der Waals surface area contributed by atoms with E-state index in [-0.39, 0.29) is 29.1 Å². The van der Waals surface area contributed by atoms with Gasteiger partial charge in [0.2, 0.25) is 5.91 Å². The van der Waals surface area contributed by atoms with Gasteiger partial charge in [-0.25, -0.2) is 0 Å². The van der Waals surface area contributed by atoms with E-state index in [2.05, 4.69) is 17.4 Å². The lowest BCUT2D eigenvalue weighted by molar-refractivity contribution is -0.124. The largest absolute Gasteiger partial charge is 0.381 e. The molecular weight excluding hydrogens is 383 g/mol. The SMILES string of the molecule is Cl.NCC1(CC(=O)NCC2(c3ccc(Cl)cc3)CCOCC2)CCCCC1. The second-order valence-electron chi connectivity index (χ2n) is 8.12. The molecule has 27 heavy (non-hydrogen) atoms. The number of ether oxygens (including phenoxy) is 1. The van der Waals surface area contributed by atoms with Crippen molar-refractivity contribution in [2.75, 3.05) is 26.3 Å². The smallest absolute Gasteiger partial charge is 0.220 e. The van der Waals surface area contributed by atoms with Crippen LogP contribution in [0.4, 0.5) is 0 Å². The zero-order valence-corrected chi connectivity index (χ0v) is 17.5. The topological polar surface area (TPSA) is 64.4 Å². The molecule has 1 aromatic carbocycles. The molecule has 1 heterocycles. The molecule has 0 spiro atoms. The van der Waals surface area contributed by atoms with Gasteiger partial charge >= 0.3 is 0 Å². The molecule has 0 bridgehead atoms. The summed E-state index contributed by atoms with van der Waals surface area (Å²) in [6, 6.07) is 8.04. The number of amides is 1. The summed E-state index contributed by atoms with van der Waals surface area (Å²) in [5, 5.41) is 3.97. The Bertz CT molecular complexity index is 595. The number of hydrogen-bond acceptors (Lipinski definition) is 3. The van der Waals surface area contributed by atoms with Crippen molar-refractivity contribution < 1.29 is 9.53 Å². The second kappa shape index (κ2) is 10.1. The fourth-order valence-electron chi connectivity index (χ4n) is 4.56. The van der Waals surface area contributed by atoms with Crippen LogP contribution in [0.3, 0.4) is 0 Å². The summed E-state index contributed by atoms with van der Waals surface area (Å²) < 4.78 is 5.58. The Morgan fingerprint density at radius 1 is 1.07 bits per heavy atom. The predicted octanol–water partition coefficient (Wildman–Crippen LogP) is 4.23. The minimum atomic E-state index is -0.0685. The van der Waals surface area contributed by atoms with Crippen LogP contribution in [-0.4, -0.2) is 32.2 Å². The third kappa shape index (κ3) is 5.60. The van der Waals surface area contributed by atoms with E-state index >= 15 is 0 Å². The third-order valence-electron chi connectivity index (χ3n) is 6.41. The summed E-state index contributed by atoms with van der Waals surface area (Å²) >= 11 is 6.06. The van der Waals surface area contributed by atoms with Gasteiger partial charge in [0.25, 0.3) is 0 Å². The highest BCUT2D eigenvalue weighted by atomic mass is 35.5. The molecule has 2 fully saturated rings. The Hall–Kier alpha value is -0.810. The van der Waals surface area contributed by atoms with E-state index in [0.717, 1.165) is 43.9 Å². The summed E-state index contributed by atoms with van der Waals surface area (Å²) in [5.74, 6) is 0.136. The molecular formula is C21H32Cl2N2O2. The molecule has 0 aromatic heterocycles. The maximum atomic E-state index is 12.7. The molecule has 1 amide bonds. The molecule has 2 aliphatic rings. The van der Waals surface area contributed by atoms with Crippen molar-refractivity contribution >= 4 is 29.9 Å². The first kappa shape index (κ1) is 22.5. The minimum absolute atomic E-state index is 0. The van der Waals surface area contributed by atoms with Crippen LogP contribution in [0.25, 0.3) is 0 Å². The number of carbonyl (C=O) groups is 1. The van der Waals surface area contributed by atoms with Crippen molar-refractivity contribution in [1.82, 2.24) is 5.32 Å². The van der Waals surface area contributed by atoms with Gasteiger partial charge in [0, 0.05) is 36.6 Å². The van der Waals surface area contributed by atoms with Crippen molar-refractivity contribution in [3.05, 3.63) is 34.9 Å². The molecule has 0 atom stereocenters. The van der Waals surface area contributed by atoms with Crippen LogP contribution in [0.5, 0.6) is 0 Å². The zero-order chi connectivity index (χ0) is 18.5. The molecule has 1 aliphatic carbocycles. The molecule has 0 radical (unpaired) electrons. The van der Waals surface area contributed by atoms with Gasteiger partial charge in [-0.05, 0) is 55.3 Å². The summed E-state index contributed by atoms with van der Waals surface area (Å²) in [6.07, 6.45) is 8.18. The highest BCUT2D eigenvalue weighted by Crippen LogP contribution is 2.39. The Morgan fingerprint density at radius 2 is 1.70 bits per heavy atom. The monoisotopic (exact) mass is 414 g/mol. The first-order chi connectivity index (χ1) is 12.6. The Morgan fingerprint density at radius 3 is 2.30 bits per heavy atom. The number of benzene rings is 1. The Kier molecular flexibility index (Phi) is 8.41. The van der Waals surface area contributed by atoms with E-state index < -0.39 is 0 Å². The highest BCUT2D eigenvalue weighted by Gasteiger charge is 2.37. The van der Waals surface area contributed by atoms with Crippen LogP contribution in [0, 0.1) is 5.41 Å². The van der Waals surface area contributed by atoms with Gasteiger partial charge < -0.3 is 15.8 Å². The van der Waals surface area contributed by atoms with Crippen LogP contribution in [0.2, 0.25) is 5.02 Å². The van der Waals surface area contributed by atoms with E-state index in [1.165, 1.54) is 24.8 Å². The van der Waals surface area contributed by atoms with Crippen LogP contribution >= 0.6 is 24.0 Å². The first-order valence-electron chi connectivity index (χ1n) is 9.88. The fraction of sp³-hybridized carbons (Fsp3) is 0.667. The van der Waals surface area contributed by atoms with E-state index in [1.807, 2.05) is 12.1 Å². The molecule has 152 valence electrons. The number of rotatable bonds is 6. The molecule has 1 aromatic rings. The average molecular weight is 415 g/mol. The van der Waals surface area contributed by atoms with Gasteiger partial charge in [-0.15, -0.1) is 12.4 Å². The predicted molar refractivity (Wildman–Crippen MR) is 113 cm³/mol. The van der Waals surface area contributed by atoms with Crippen LogP contribution in [-0.2, 0) is 14.9 Å². The molecule has 6 heteroatoms. The second-order valence-corrected chi connectivity index (χ2v) is 8.55. The molecule has 4 nitrogen and oxygen atoms in total. The average Bonchev–Trinajstić information content (AvgIpc) is 2.68. The van der Waals surface area contributed by atoms with Crippen LogP contribution in [0.1, 0.15) is 56.9 Å². The molecule has 3 rings (SSSR count). The first-order valence-corrected chi connectivity index (χ1v) is 10.3. The number of nitrogens with two attached hydrogens (primary N) is 1. The number of hydrogen-bond donors (Lipinski definition) is 2. The van der Waals surface area contributed by atoms with Gasteiger partial charge in [-0.3, -0.25) is 4.79 Å². The van der Waals surface area contributed by atoms with E-state index in [4.69, 9.17) is 22.1 Å². The van der Waals surface area contributed by atoms with Gasteiger partial charge in [0.15, 0.2) is 0 Å². The van der Waals surface area contributed by atoms with Crippen molar-refractivity contribution in [3.8, 4) is 0 Å². The highest BCUT2D eigenvalue weighted by molar-refractivity contribution is 6.30. The lowest BCUT2D eigenvalue weighted by Crippen LogP contribution is -2.46. The van der Waals surface area contributed by atoms with Crippen molar-refractivity contribution in [3.63, 3.8) is 0 Å². The van der Waals surface area contributed by atoms with Crippen molar-refractivity contribution in [1.29, 1.82) is 0 Å². The van der Waals surface area contributed by atoms with E-state index in [0.29, 0.717) is 19.5 Å². The quantitative estimate of drug-likeness (QED) is 0.731. The number of nitrogens with one attached hydrogen (secondary N) is 1. The molecule has 1 saturated carbocycles. The lowest BCUT2D eigenvalue weighted by atomic mass is 9.71. The lowest BCUT2D eigenvalue weighted by Gasteiger charge is -2.39. The third-order valence-corrected chi connectivity index (χ3v) is 6.67. The molecule has 0 unspecified atom stereocenters. The summed E-state index contributed by atoms with van der Waals surface area (Å²) in [7, 11) is 0. The fourth-order valence-corrected chi connectivity index (χ4v) is 4.68. The van der Waals surface area contributed by atoms with Gasteiger partial charge in [0.05, 0.1) is 0 Å². The standard InChI is InChI=1S/C21H31ClN2O2.ClH/c22-18-6-4-17(5-7-18)21(10-12-26-13-11-21)16-24-19(25)14-20(15-23)8-2-1-3-9-20;/h4-7H,1-3,8-16,23H2,(H,24,25);1H. The maximum absolute atomic E-state index is 12.7. The van der Waals surface area contributed by atoms with Gasteiger partial charge in [-0.2, -0.15) is 0 Å². The normalized spacial score (nSPS) is 21.1. The summed E-state index contributed by atoms with van der Waals surface area (Å²) in [5.41, 5.74) is 7.22. The van der Waals surface area contributed by atoms with Gasteiger partial charge in [-0.1, -0.05) is 43.0 Å². The maximum Gasteiger partial charge on any atom is 0.220 e. The molecule has 1 saturated heterocycles. The van der Waals surface area contributed by atoms with E-state index in [9.17, 15) is 4.79 Å². The number of halogens is 2. The van der Waals surface area contributed by atoms with Gasteiger partial charge in [0.1, 0.15) is 0 Å². The number of carbonyl (C=O) groups excluding carboxylic acids is 1. The Labute approximate surface area is 174 Å². The van der Waals surface area contributed by atoms with E-state index in [1.54, 1.807) is 0 Å². The van der Waals surface area contributed by atoms with Crippen LogP contribution in [0.15, 0.2) is 24.3 Å². The summed E-state index contributed by atoms with van der Waals surface area (Å²) in [6.45, 7) is 2.71. The molecule has 3 N–H and O–H groups in total. The summed E-state index contributed by atoms with van der Waals surface area (Å²) in [4.78, 5) is 12.7. The van der Waals surface area contributed by atoms with Crippen LogP contribution < -0.4 is 11.1 Å². The molecule has 1 aliphatic heterocycles. The minimum Gasteiger partial charge on any atom is -0.381 e. The Balaban J connectivity index is 0.00000261. The van der Waals surface area contributed by atoms with Crippen molar-refractivity contribution in [2.24, 2.45) is 11.1 Å².